The fourth-order valence-electron chi connectivity index (χ4n) is 1.94. The van der Waals surface area contributed by atoms with Gasteiger partial charge in [0.15, 0.2) is 0 Å². The summed E-state index contributed by atoms with van der Waals surface area (Å²) in [5, 5.41) is 11.4. The van der Waals surface area contributed by atoms with E-state index in [0.717, 1.165) is 11.1 Å². The smallest absolute Gasteiger partial charge is 0.251 e. The van der Waals surface area contributed by atoms with Crippen LogP contribution in [0.1, 0.15) is 21.5 Å². The SMILES string of the molecule is N#CCc1ccc(C(=O)NCCc2ccc(F)cc2)cc1. The maximum atomic E-state index is 12.8. The number of halogens is 1. The van der Waals surface area contributed by atoms with Crippen molar-refractivity contribution in [2.45, 2.75) is 12.8 Å². The van der Waals surface area contributed by atoms with Crippen LogP contribution < -0.4 is 5.32 Å². The topological polar surface area (TPSA) is 52.9 Å². The average molecular weight is 282 g/mol. The van der Waals surface area contributed by atoms with Gasteiger partial charge in [0.2, 0.25) is 0 Å². The Morgan fingerprint density at radius 2 is 1.67 bits per heavy atom. The normalized spacial score (nSPS) is 9.90. The molecular formula is C17H15FN2O. The summed E-state index contributed by atoms with van der Waals surface area (Å²) in [7, 11) is 0. The Morgan fingerprint density at radius 1 is 1.05 bits per heavy atom. The zero-order valence-electron chi connectivity index (χ0n) is 11.5. The Bertz CT molecular complexity index is 642. The molecular weight excluding hydrogens is 267 g/mol. The van der Waals surface area contributed by atoms with Crippen molar-refractivity contribution in [2.24, 2.45) is 0 Å². The molecule has 1 amide bonds. The number of nitrogens with zero attached hydrogens (tertiary/aromatic N) is 1. The van der Waals surface area contributed by atoms with Crippen molar-refractivity contribution in [3.63, 3.8) is 0 Å². The van der Waals surface area contributed by atoms with Crippen molar-refractivity contribution < 1.29 is 9.18 Å². The van der Waals surface area contributed by atoms with E-state index in [2.05, 4.69) is 11.4 Å². The lowest BCUT2D eigenvalue weighted by Gasteiger charge is -2.06. The monoisotopic (exact) mass is 282 g/mol. The Labute approximate surface area is 123 Å². The molecule has 1 N–H and O–H groups in total. The van der Waals surface area contributed by atoms with Crippen molar-refractivity contribution in [2.75, 3.05) is 6.54 Å². The predicted octanol–water partition coefficient (Wildman–Crippen LogP) is 2.86. The van der Waals surface area contributed by atoms with Gasteiger partial charge in [-0.25, -0.2) is 4.39 Å². The van der Waals surface area contributed by atoms with E-state index in [1.54, 1.807) is 36.4 Å². The summed E-state index contributed by atoms with van der Waals surface area (Å²) >= 11 is 0. The number of carbonyl (C=O) groups excluding carboxylic acids is 1. The molecule has 0 atom stereocenters. The molecule has 4 heteroatoms. The second-order valence-electron chi connectivity index (χ2n) is 4.66. The first-order valence-electron chi connectivity index (χ1n) is 6.67. The molecule has 2 aromatic carbocycles. The highest BCUT2D eigenvalue weighted by atomic mass is 19.1. The maximum Gasteiger partial charge on any atom is 0.251 e. The summed E-state index contributed by atoms with van der Waals surface area (Å²) in [5.41, 5.74) is 2.43. The molecule has 0 unspecified atom stereocenters. The molecule has 0 heterocycles. The van der Waals surface area contributed by atoms with Crippen LogP contribution >= 0.6 is 0 Å². The zero-order valence-corrected chi connectivity index (χ0v) is 11.5. The van der Waals surface area contributed by atoms with Crippen molar-refractivity contribution in [1.82, 2.24) is 5.32 Å². The van der Waals surface area contributed by atoms with Gasteiger partial charge in [0.05, 0.1) is 12.5 Å². The molecule has 2 rings (SSSR count). The van der Waals surface area contributed by atoms with Crippen molar-refractivity contribution >= 4 is 5.91 Å². The number of nitriles is 1. The number of hydrogen-bond donors (Lipinski definition) is 1. The number of amides is 1. The molecule has 2 aromatic rings. The lowest BCUT2D eigenvalue weighted by atomic mass is 10.1. The fourth-order valence-corrected chi connectivity index (χ4v) is 1.94. The molecule has 0 spiro atoms. The Hall–Kier alpha value is -2.67. The summed E-state index contributed by atoms with van der Waals surface area (Å²) in [6.07, 6.45) is 0.991. The molecule has 0 aromatic heterocycles. The summed E-state index contributed by atoms with van der Waals surface area (Å²) in [5.74, 6) is -0.416. The molecule has 0 fully saturated rings. The highest BCUT2D eigenvalue weighted by molar-refractivity contribution is 5.94. The zero-order chi connectivity index (χ0) is 15.1. The van der Waals surface area contributed by atoms with E-state index in [4.69, 9.17) is 5.26 Å². The van der Waals surface area contributed by atoms with Crippen LogP contribution in [0.15, 0.2) is 48.5 Å². The minimum Gasteiger partial charge on any atom is -0.352 e. The lowest BCUT2D eigenvalue weighted by Crippen LogP contribution is -2.25. The second-order valence-corrected chi connectivity index (χ2v) is 4.66. The van der Waals surface area contributed by atoms with Gasteiger partial charge in [0.25, 0.3) is 5.91 Å². The Morgan fingerprint density at radius 3 is 2.29 bits per heavy atom. The van der Waals surface area contributed by atoms with E-state index in [1.807, 2.05) is 0 Å². The quantitative estimate of drug-likeness (QED) is 0.916. The van der Waals surface area contributed by atoms with Crippen molar-refractivity contribution in [1.29, 1.82) is 5.26 Å². The highest BCUT2D eigenvalue weighted by Crippen LogP contribution is 2.06. The van der Waals surface area contributed by atoms with E-state index in [0.29, 0.717) is 24.9 Å². The average Bonchev–Trinajstić information content (AvgIpc) is 2.50. The largest absolute Gasteiger partial charge is 0.352 e. The summed E-state index contributed by atoms with van der Waals surface area (Å²) < 4.78 is 12.8. The van der Waals surface area contributed by atoms with Gasteiger partial charge in [0.1, 0.15) is 5.82 Å². The standard InChI is InChI=1S/C17H15FN2O/c18-16-7-3-14(4-8-16)10-12-20-17(21)15-5-1-13(2-6-15)9-11-19/h1-8H,9-10,12H2,(H,20,21). The Kier molecular flexibility index (Phi) is 5.05. The van der Waals surface area contributed by atoms with Crippen LogP contribution in [0.4, 0.5) is 4.39 Å². The molecule has 0 bridgehead atoms. The van der Waals surface area contributed by atoms with Crippen molar-refractivity contribution in [3.8, 4) is 6.07 Å². The van der Waals surface area contributed by atoms with Gasteiger partial charge >= 0.3 is 0 Å². The molecule has 0 radical (unpaired) electrons. The minimum absolute atomic E-state index is 0.152. The van der Waals surface area contributed by atoms with Crippen molar-refractivity contribution in [3.05, 3.63) is 71.0 Å². The molecule has 0 saturated heterocycles. The number of hydrogen-bond acceptors (Lipinski definition) is 2. The van der Waals surface area contributed by atoms with Crippen LogP contribution in [-0.4, -0.2) is 12.5 Å². The van der Waals surface area contributed by atoms with Crippen LogP contribution in [-0.2, 0) is 12.8 Å². The minimum atomic E-state index is -0.264. The van der Waals surface area contributed by atoms with Crippen LogP contribution in [0.25, 0.3) is 0 Å². The molecule has 0 saturated carbocycles. The van der Waals surface area contributed by atoms with Gasteiger partial charge in [-0.1, -0.05) is 24.3 Å². The number of rotatable bonds is 5. The molecule has 0 aliphatic carbocycles. The number of nitrogens with one attached hydrogen (secondary N) is 1. The fraction of sp³-hybridized carbons (Fsp3) is 0.176. The first kappa shape index (κ1) is 14.7. The van der Waals surface area contributed by atoms with Crippen LogP contribution in [0.2, 0.25) is 0 Å². The Balaban J connectivity index is 1.84. The van der Waals surface area contributed by atoms with Gasteiger partial charge in [-0.3, -0.25) is 4.79 Å². The third kappa shape index (κ3) is 4.43. The van der Waals surface area contributed by atoms with E-state index < -0.39 is 0 Å². The third-order valence-electron chi connectivity index (χ3n) is 3.11. The van der Waals surface area contributed by atoms with E-state index in [9.17, 15) is 9.18 Å². The van der Waals surface area contributed by atoms with Gasteiger partial charge in [-0.15, -0.1) is 0 Å². The van der Waals surface area contributed by atoms with Gasteiger partial charge < -0.3 is 5.32 Å². The van der Waals surface area contributed by atoms with Crippen LogP contribution in [0, 0.1) is 17.1 Å². The van der Waals surface area contributed by atoms with Gasteiger partial charge in [-0.2, -0.15) is 5.26 Å². The van der Waals surface area contributed by atoms with E-state index in [1.165, 1.54) is 12.1 Å². The highest BCUT2D eigenvalue weighted by Gasteiger charge is 2.04. The predicted molar refractivity (Wildman–Crippen MR) is 78.2 cm³/mol. The second kappa shape index (κ2) is 7.20. The van der Waals surface area contributed by atoms with E-state index in [-0.39, 0.29) is 11.7 Å². The summed E-state index contributed by atoms with van der Waals surface area (Å²) in [4.78, 5) is 11.9. The lowest BCUT2D eigenvalue weighted by molar-refractivity contribution is 0.0954. The maximum absolute atomic E-state index is 12.8. The molecule has 21 heavy (non-hydrogen) atoms. The van der Waals surface area contributed by atoms with E-state index >= 15 is 0 Å². The number of carbonyl (C=O) groups is 1. The van der Waals surface area contributed by atoms with Crippen LogP contribution in [0.5, 0.6) is 0 Å². The number of benzene rings is 2. The summed E-state index contributed by atoms with van der Waals surface area (Å²) in [6, 6.07) is 15.3. The first-order valence-corrected chi connectivity index (χ1v) is 6.67. The van der Waals surface area contributed by atoms with Crippen LogP contribution in [0.3, 0.4) is 0 Å². The third-order valence-corrected chi connectivity index (χ3v) is 3.11. The molecule has 0 aliphatic rings. The first-order chi connectivity index (χ1) is 10.2. The molecule has 3 nitrogen and oxygen atoms in total. The molecule has 106 valence electrons. The van der Waals surface area contributed by atoms with Gasteiger partial charge in [-0.05, 0) is 41.8 Å². The summed E-state index contributed by atoms with van der Waals surface area (Å²) in [6.45, 7) is 0.490. The molecule has 0 aliphatic heterocycles. The van der Waals surface area contributed by atoms with Gasteiger partial charge in [0, 0.05) is 12.1 Å².